The normalized spacial score (nSPS) is 20.5. The SMILES string of the molecule is Cc1ccc2c(c1)C(=N\COCCN1CCN(CCOCCO)CC1)/C(=C1/C(=O)Nc3cc(Br)ccc31)N2. The van der Waals surface area contributed by atoms with Crippen LogP contribution < -0.4 is 10.6 Å². The second-order valence-electron chi connectivity index (χ2n) is 9.63. The maximum Gasteiger partial charge on any atom is 0.258 e. The Balaban J connectivity index is 1.21. The molecule has 3 heterocycles. The summed E-state index contributed by atoms with van der Waals surface area (Å²) < 4.78 is 12.2. The first-order valence-corrected chi connectivity index (χ1v) is 13.8. The minimum atomic E-state index is -0.141. The van der Waals surface area contributed by atoms with E-state index in [0.717, 1.165) is 77.5 Å². The molecule has 10 heteroatoms. The van der Waals surface area contributed by atoms with Crippen LogP contribution in [-0.4, -0.2) is 99.0 Å². The van der Waals surface area contributed by atoms with Gasteiger partial charge in [-0.1, -0.05) is 33.6 Å². The van der Waals surface area contributed by atoms with Crippen LogP contribution in [0.3, 0.4) is 0 Å². The molecule has 2 aromatic carbocycles. The number of rotatable bonds is 10. The van der Waals surface area contributed by atoms with Crippen molar-refractivity contribution in [1.29, 1.82) is 0 Å². The van der Waals surface area contributed by atoms with E-state index in [-0.39, 0.29) is 19.2 Å². The number of nitrogens with zero attached hydrogens (tertiary/aromatic N) is 3. The number of aliphatic hydroxyl groups is 1. The molecular formula is C28H34BrN5O4. The lowest BCUT2D eigenvalue weighted by molar-refractivity contribution is -0.110. The summed E-state index contributed by atoms with van der Waals surface area (Å²) in [6, 6.07) is 12.0. The molecule has 1 fully saturated rings. The van der Waals surface area contributed by atoms with Gasteiger partial charge in [0.05, 0.1) is 49.1 Å². The molecular weight excluding hydrogens is 550 g/mol. The molecule has 3 aliphatic rings. The van der Waals surface area contributed by atoms with Gasteiger partial charge in [-0.2, -0.15) is 0 Å². The van der Waals surface area contributed by atoms with Crippen molar-refractivity contribution < 1.29 is 19.4 Å². The summed E-state index contributed by atoms with van der Waals surface area (Å²) in [5, 5.41) is 15.2. The fourth-order valence-electron chi connectivity index (χ4n) is 5.00. The molecule has 1 saturated heterocycles. The Morgan fingerprint density at radius 3 is 2.39 bits per heavy atom. The van der Waals surface area contributed by atoms with Gasteiger partial charge in [0.1, 0.15) is 6.73 Å². The van der Waals surface area contributed by atoms with Gasteiger partial charge in [0.2, 0.25) is 0 Å². The standard InChI is InChI=1S/C28H34BrN5O4/c1-19-2-5-23-22(16-19)26(27(31-23)25-21-4-3-20(29)17-24(21)32-28(25)36)30-18-38-14-11-34-8-6-33(7-9-34)10-13-37-15-12-35/h2-5,16-17,31,35H,6-15,18H2,1H3,(H,32,36)/b27-25-,30-26+. The van der Waals surface area contributed by atoms with Gasteiger partial charge in [0.15, 0.2) is 0 Å². The summed E-state index contributed by atoms with van der Waals surface area (Å²) >= 11 is 3.49. The van der Waals surface area contributed by atoms with Crippen LogP contribution >= 0.6 is 15.9 Å². The fourth-order valence-corrected chi connectivity index (χ4v) is 5.36. The highest BCUT2D eigenvalue weighted by atomic mass is 79.9. The molecule has 202 valence electrons. The molecule has 0 bridgehead atoms. The molecule has 0 aromatic heterocycles. The fraction of sp³-hybridized carbons (Fsp3) is 0.429. The lowest BCUT2D eigenvalue weighted by atomic mass is 10.0. The van der Waals surface area contributed by atoms with Crippen LogP contribution in [0, 0.1) is 6.92 Å². The first kappa shape index (κ1) is 27.0. The largest absolute Gasteiger partial charge is 0.394 e. The van der Waals surface area contributed by atoms with Gasteiger partial charge in [-0.3, -0.25) is 19.6 Å². The second-order valence-corrected chi connectivity index (χ2v) is 10.5. The first-order valence-electron chi connectivity index (χ1n) is 13.0. The maximum absolute atomic E-state index is 13.0. The Kier molecular flexibility index (Phi) is 8.88. The molecule has 0 unspecified atom stereocenters. The maximum atomic E-state index is 13.0. The Morgan fingerprint density at radius 2 is 1.66 bits per heavy atom. The van der Waals surface area contributed by atoms with Crippen LogP contribution in [0.5, 0.6) is 0 Å². The molecule has 0 aliphatic carbocycles. The van der Waals surface area contributed by atoms with E-state index in [4.69, 9.17) is 19.6 Å². The number of anilines is 2. The molecule has 1 amide bonds. The number of piperazine rings is 1. The highest BCUT2D eigenvalue weighted by Gasteiger charge is 2.34. The van der Waals surface area contributed by atoms with Crippen molar-refractivity contribution in [2.75, 3.05) is 83.1 Å². The number of amides is 1. The van der Waals surface area contributed by atoms with Crippen molar-refractivity contribution in [3.05, 3.63) is 63.3 Å². The number of aliphatic hydroxyl groups excluding tert-OH is 1. The minimum Gasteiger partial charge on any atom is -0.394 e. The van der Waals surface area contributed by atoms with Gasteiger partial charge < -0.3 is 25.2 Å². The number of carbonyl (C=O) groups excluding carboxylic acids is 1. The van der Waals surface area contributed by atoms with Gasteiger partial charge in [-0.15, -0.1) is 0 Å². The number of nitrogens with one attached hydrogen (secondary N) is 2. The van der Waals surface area contributed by atoms with Crippen LogP contribution in [0.4, 0.5) is 11.4 Å². The molecule has 38 heavy (non-hydrogen) atoms. The van der Waals surface area contributed by atoms with Crippen LogP contribution in [0.15, 0.2) is 51.6 Å². The number of fused-ring (bicyclic) bond motifs is 2. The Labute approximate surface area is 231 Å². The van der Waals surface area contributed by atoms with Gasteiger partial charge in [-0.25, -0.2) is 0 Å². The molecule has 2 aromatic rings. The summed E-state index contributed by atoms with van der Waals surface area (Å²) in [6.07, 6.45) is 0. The highest BCUT2D eigenvalue weighted by molar-refractivity contribution is 9.10. The zero-order valence-electron chi connectivity index (χ0n) is 21.6. The van der Waals surface area contributed by atoms with Crippen molar-refractivity contribution in [3.8, 4) is 0 Å². The topological polar surface area (TPSA) is 98.7 Å². The molecule has 3 aliphatic heterocycles. The van der Waals surface area contributed by atoms with Crippen molar-refractivity contribution in [1.82, 2.24) is 9.80 Å². The quantitative estimate of drug-likeness (QED) is 0.292. The average Bonchev–Trinajstić information content (AvgIpc) is 3.42. The van der Waals surface area contributed by atoms with E-state index in [1.165, 1.54) is 0 Å². The Hall–Kier alpha value is -2.60. The number of ether oxygens (including phenoxy) is 2. The van der Waals surface area contributed by atoms with Gasteiger partial charge in [0.25, 0.3) is 5.91 Å². The van der Waals surface area contributed by atoms with Gasteiger partial charge in [0, 0.05) is 60.6 Å². The molecule has 5 rings (SSSR count). The predicted molar refractivity (Wildman–Crippen MR) is 153 cm³/mol. The number of hydrogen-bond donors (Lipinski definition) is 3. The van der Waals surface area contributed by atoms with Crippen molar-refractivity contribution in [3.63, 3.8) is 0 Å². The number of halogens is 1. The zero-order valence-corrected chi connectivity index (χ0v) is 23.2. The Bertz CT molecular complexity index is 1240. The summed E-state index contributed by atoms with van der Waals surface area (Å²) in [5.74, 6) is -0.141. The minimum absolute atomic E-state index is 0.0716. The number of allylic oxidation sites excluding steroid dienone is 1. The molecule has 0 spiro atoms. The van der Waals surface area contributed by atoms with E-state index in [0.29, 0.717) is 31.1 Å². The second kappa shape index (κ2) is 12.5. The summed E-state index contributed by atoms with van der Waals surface area (Å²) in [5.41, 5.74) is 6.76. The molecule has 9 nitrogen and oxygen atoms in total. The summed E-state index contributed by atoms with van der Waals surface area (Å²) in [4.78, 5) is 22.6. The highest BCUT2D eigenvalue weighted by Crippen LogP contribution is 2.40. The number of hydrogen-bond acceptors (Lipinski definition) is 8. The van der Waals surface area contributed by atoms with E-state index < -0.39 is 0 Å². The monoisotopic (exact) mass is 583 g/mol. The van der Waals surface area contributed by atoms with Gasteiger partial charge >= 0.3 is 0 Å². The third kappa shape index (κ3) is 6.17. The number of aryl methyl sites for hydroxylation is 1. The zero-order chi connectivity index (χ0) is 26.5. The number of carbonyl (C=O) groups is 1. The van der Waals surface area contributed by atoms with Crippen LogP contribution in [0.1, 0.15) is 16.7 Å². The smallest absolute Gasteiger partial charge is 0.258 e. The van der Waals surface area contributed by atoms with Gasteiger partial charge in [-0.05, 0) is 31.2 Å². The average molecular weight is 585 g/mol. The number of benzene rings is 2. The van der Waals surface area contributed by atoms with Crippen LogP contribution in [-0.2, 0) is 14.3 Å². The van der Waals surface area contributed by atoms with Crippen LogP contribution in [0.2, 0.25) is 0 Å². The van der Waals surface area contributed by atoms with Crippen molar-refractivity contribution >= 4 is 44.5 Å². The first-order chi connectivity index (χ1) is 18.5. The van der Waals surface area contributed by atoms with Crippen LogP contribution in [0.25, 0.3) is 5.57 Å². The van der Waals surface area contributed by atoms with Crippen molar-refractivity contribution in [2.24, 2.45) is 4.99 Å². The van der Waals surface area contributed by atoms with E-state index >= 15 is 0 Å². The Morgan fingerprint density at radius 1 is 0.921 bits per heavy atom. The summed E-state index contributed by atoms with van der Waals surface area (Å²) in [7, 11) is 0. The van der Waals surface area contributed by atoms with E-state index in [1.807, 2.05) is 24.3 Å². The van der Waals surface area contributed by atoms with E-state index in [9.17, 15) is 4.79 Å². The van der Waals surface area contributed by atoms with E-state index in [1.54, 1.807) is 0 Å². The van der Waals surface area contributed by atoms with E-state index in [2.05, 4.69) is 55.4 Å². The third-order valence-electron chi connectivity index (χ3n) is 7.02. The molecule has 0 radical (unpaired) electrons. The molecule has 0 saturated carbocycles. The third-order valence-corrected chi connectivity index (χ3v) is 7.51. The van der Waals surface area contributed by atoms with Crippen molar-refractivity contribution in [2.45, 2.75) is 6.92 Å². The predicted octanol–water partition coefficient (Wildman–Crippen LogP) is 2.94. The lowest BCUT2D eigenvalue weighted by Gasteiger charge is -2.34. The molecule has 3 N–H and O–H groups in total. The molecule has 0 atom stereocenters. The summed E-state index contributed by atoms with van der Waals surface area (Å²) in [6.45, 7) is 9.74. The lowest BCUT2D eigenvalue weighted by Crippen LogP contribution is -2.48. The number of aliphatic imine (C=N–C) groups is 1.